The first kappa shape index (κ1) is 99.6. The molecule has 108 heavy (non-hydrogen) atoms. The first-order valence-corrected chi connectivity index (χ1v) is 41.6. The van der Waals surface area contributed by atoms with E-state index < -0.39 is 0 Å². The average molecular weight is 1470 g/mol. The average Bonchev–Trinajstić information content (AvgIpc) is 0.772. The maximum atomic E-state index is 2.42. The van der Waals surface area contributed by atoms with Crippen LogP contribution in [-0.2, 0) is 46.3 Å². The van der Waals surface area contributed by atoms with Gasteiger partial charge < -0.3 is 4.90 Å². The molecule has 1 heteroatoms. The van der Waals surface area contributed by atoms with Crippen molar-refractivity contribution in [2.45, 2.75) is 375 Å². The molecule has 0 N–H and O–H groups in total. The van der Waals surface area contributed by atoms with Crippen LogP contribution in [0.2, 0.25) is 0 Å². The van der Waals surface area contributed by atoms with Gasteiger partial charge in [-0.3, -0.25) is 0 Å². The second-order valence-corrected chi connectivity index (χ2v) is 39.0. The van der Waals surface area contributed by atoms with Crippen LogP contribution in [0.25, 0.3) is 0 Å². The topological polar surface area (TPSA) is 3.24 Å². The lowest BCUT2D eigenvalue weighted by molar-refractivity contribution is 0.542. The standard InChI is InChI=1S/C19H32.C16H26.C14H22.C13H20.C12H18.C11H17N.2C11H16/c1-13-15(18(5,6)7)11-14(17(2,3)4)12-16(13)19(8,9)10;1-11-9-13(15(3,4)5)12(2)14(10-11)16(6,7)8;1-9(2)13-7-11(5)8-14(10(3)4)12(13)6;1-9(2)12-7-6-8-13(10(3)4)11(12)5;1-7-8(2)10(4)12(6)11(5)9(7)3;1-8-6-11(12(4)5)7-9(2)10(8)3;1-9(2)8-11-7-5-4-6-10(11)3;1-4-10-7-6-8-11(5-2)9(10)3/h11-12H,1-10H3;9-10H,1-8H3;7-10H,1-6H3;6-10H,1-5H3;1-6H3;6-7H,1-5H3;4-7,9H,8H2,1-3H3;6-8H,4-5H2,1-3H3. The van der Waals surface area contributed by atoms with Crippen LogP contribution < -0.4 is 4.90 Å². The van der Waals surface area contributed by atoms with Gasteiger partial charge in [0, 0.05) is 19.8 Å². The smallest absolute Gasteiger partial charge is 0.0366 e. The molecule has 0 radical (unpaired) electrons. The Morgan fingerprint density at radius 2 is 0.556 bits per heavy atom. The Bertz CT molecular complexity index is 3820. The van der Waals surface area contributed by atoms with Crippen molar-refractivity contribution in [2.75, 3.05) is 19.0 Å². The molecule has 0 spiro atoms. The molecule has 8 aromatic rings. The van der Waals surface area contributed by atoms with Crippen molar-refractivity contribution >= 4 is 5.69 Å². The largest absolute Gasteiger partial charge is 0.378 e. The van der Waals surface area contributed by atoms with Crippen molar-refractivity contribution in [2.24, 2.45) is 5.92 Å². The molecule has 0 amide bonds. The highest BCUT2D eigenvalue weighted by molar-refractivity contribution is 5.54. The summed E-state index contributed by atoms with van der Waals surface area (Å²) in [5.41, 5.74) is 44.7. The Labute approximate surface area is 671 Å². The zero-order chi connectivity index (χ0) is 84.1. The fourth-order valence-corrected chi connectivity index (χ4v) is 14.9. The predicted molar refractivity (Wildman–Crippen MR) is 494 cm³/mol. The summed E-state index contributed by atoms with van der Waals surface area (Å²) in [5, 5.41) is 0. The number of hydrogen-bond acceptors (Lipinski definition) is 1. The number of nitrogens with zero attached hydrogens (tertiary/aromatic N) is 1. The second kappa shape index (κ2) is 42.8. The molecule has 0 atom stereocenters. The Balaban J connectivity index is 0.000000621. The van der Waals surface area contributed by atoms with E-state index in [0.717, 1.165) is 18.8 Å². The lowest BCUT2D eigenvalue weighted by Gasteiger charge is -2.32. The maximum Gasteiger partial charge on any atom is 0.0366 e. The van der Waals surface area contributed by atoms with Crippen LogP contribution in [0.4, 0.5) is 5.69 Å². The van der Waals surface area contributed by atoms with E-state index in [-0.39, 0.29) is 27.1 Å². The number of aryl methyl sites for hydroxylation is 7. The van der Waals surface area contributed by atoms with Gasteiger partial charge in [0.1, 0.15) is 0 Å². The summed E-state index contributed by atoms with van der Waals surface area (Å²) in [6.45, 7) is 99.2. The zero-order valence-electron chi connectivity index (χ0n) is 79.3. The fraction of sp³-hybridized carbons (Fsp3) is 0.551. The van der Waals surface area contributed by atoms with E-state index in [1.54, 1.807) is 0 Å². The van der Waals surface area contributed by atoms with E-state index in [2.05, 4.69) is 433 Å². The van der Waals surface area contributed by atoms with Gasteiger partial charge in [-0.1, -0.05) is 295 Å². The number of rotatable bonds is 9. The maximum absolute atomic E-state index is 2.42. The van der Waals surface area contributed by atoms with E-state index in [9.17, 15) is 0 Å². The van der Waals surface area contributed by atoms with Crippen LogP contribution in [0.5, 0.6) is 0 Å². The van der Waals surface area contributed by atoms with Crippen LogP contribution >= 0.6 is 0 Å². The SMILES string of the molecule is CCc1cccc(CC)c1C.Cc1c(C(C)(C)C)cc(C(C)(C)C)cc1C(C)(C)C.Cc1c(C(C)C)cccc1C(C)C.Cc1c(C)c(C)c(C)c(C)c1C.Cc1cc(C(C)(C)C)c(C)c(C(C)(C)C)c1.Cc1cc(C(C)C)c(C)c(C(C)C)c1.Cc1cc(N(C)C)cc(C)c1C.Cc1ccccc1CC(C)C. The van der Waals surface area contributed by atoms with Gasteiger partial charge in [-0.25, -0.2) is 0 Å². The molecule has 0 heterocycles. The van der Waals surface area contributed by atoms with E-state index in [1.165, 1.54) is 173 Å². The molecule has 0 aromatic heterocycles. The minimum Gasteiger partial charge on any atom is -0.378 e. The van der Waals surface area contributed by atoms with Crippen molar-refractivity contribution in [1.82, 2.24) is 0 Å². The van der Waals surface area contributed by atoms with Gasteiger partial charge in [0.15, 0.2) is 0 Å². The molecular formula is C107H167N. The fourth-order valence-electron chi connectivity index (χ4n) is 14.9. The van der Waals surface area contributed by atoms with Gasteiger partial charge in [-0.05, 0) is 356 Å². The lowest BCUT2D eigenvalue weighted by atomic mass is 9.73. The van der Waals surface area contributed by atoms with Crippen molar-refractivity contribution in [3.05, 3.63) is 271 Å². The summed E-state index contributed by atoms with van der Waals surface area (Å²) >= 11 is 0. The summed E-state index contributed by atoms with van der Waals surface area (Å²) in [4.78, 5) is 2.14. The molecular weight excluding hydrogens is 1300 g/mol. The summed E-state index contributed by atoms with van der Waals surface area (Å²) in [6, 6.07) is 40.5. The van der Waals surface area contributed by atoms with Crippen molar-refractivity contribution in [3.8, 4) is 0 Å². The molecule has 8 aromatic carbocycles. The third-order valence-electron chi connectivity index (χ3n) is 22.6. The number of anilines is 1. The van der Waals surface area contributed by atoms with Crippen LogP contribution in [0.15, 0.2) is 109 Å². The van der Waals surface area contributed by atoms with E-state index in [1.807, 2.05) is 0 Å². The normalized spacial score (nSPS) is 11.6. The molecule has 0 aliphatic heterocycles. The monoisotopic (exact) mass is 1470 g/mol. The Hall–Kier alpha value is -6.44. The van der Waals surface area contributed by atoms with E-state index in [4.69, 9.17) is 0 Å². The van der Waals surface area contributed by atoms with Crippen LogP contribution in [0.3, 0.4) is 0 Å². The van der Waals surface area contributed by atoms with Crippen molar-refractivity contribution in [3.63, 3.8) is 0 Å². The van der Waals surface area contributed by atoms with E-state index >= 15 is 0 Å². The molecule has 0 unspecified atom stereocenters. The highest BCUT2D eigenvalue weighted by atomic mass is 15.1. The molecule has 600 valence electrons. The molecule has 0 fully saturated rings. The molecule has 0 aliphatic carbocycles. The number of benzene rings is 8. The van der Waals surface area contributed by atoms with E-state index in [0.29, 0.717) is 23.7 Å². The Morgan fingerprint density at radius 3 is 0.833 bits per heavy atom. The minimum atomic E-state index is 0.200. The van der Waals surface area contributed by atoms with Gasteiger partial charge in [0.05, 0.1) is 0 Å². The summed E-state index contributed by atoms with van der Waals surface area (Å²) in [6.07, 6.45) is 3.51. The quantitative estimate of drug-likeness (QED) is 0.139. The molecule has 0 aliphatic rings. The molecule has 0 saturated heterocycles. The molecule has 0 bridgehead atoms. The Morgan fingerprint density at radius 1 is 0.269 bits per heavy atom. The highest BCUT2D eigenvalue weighted by Gasteiger charge is 2.28. The van der Waals surface area contributed by atoms with Gasteiger partial charge >= 0.3 is 0 Å². The molecule has 8 rings (SSSR count). The van der Waals surface area contributed by atoms with Gasteiger partial charge in [-0.2, -0.15) is 0 Å². The van der Waals surface area contributed by atoms with Gasteiger partial charge in [0.2, 0.25) is 0 Å². The Kier molecular flexibility index (Phi) is 39.5. The number of hydrogen-bond donors (Lipinski definition) is 0. The minimum absolute atomic E-state index is 0.200. The molecule has 0 saturated carbocycles. The van der Waals surface area contributed by atoms with Crippen LogP contribution in [0, 0.1) is 124 Å². The predicted octanol–water partition coefficient (Wildman–Crippen LogP) is 32.1. The first-order chi connectivity index (χ1) is 49.2. The van der Waals surface area contributed by atoms with Crippen molar-refractivity contribution < 1.29 is 0 Å². The van der Waals surface area contributed by atoms with Crippen LogP contribution in [-0.4, -0.2) is 14.1 Å². The second-order valence-electron chi connectivity index (χ2n) is 39.0. The zero-order valence-corrected chi connectivity index (χ0v) is 79.3. The summed E-state index contributed by atoms with van der Waals surface area (Å²) < 4.78 is 0. The third kappa shape index (κ3) is 30.3. The summed E-state index contributed by atoms with van der Waals surface area (Å²) in [7, 11) is 4.15. The van der Waals surface area contributed by atoms with Crippen LogP contribution in [0.1, 0.15) is 372 Å². The summed E-state index contributed by atoms with van der Waals surface area (Å²) in [5.74, 6) is 3.30. The van der Waals surface area contributed by atoms with Crippen molar-refractivity contribution in [1.29, 1.82) is 0 Å². The highest BCUT2D eigenvalue weighted by Crippen LogP contribution is 2.39. The molecule has 1 nitrogen and oxygen atoms in total. The lowest BCUT2D eigenvalue weighted by Crippen LogP contribution is -2.23. The first-order valence-electron chi connectivity index (χ1n) is 41.6. The van der Waals surface area contributed by atoms with Gasteiger partial charge in [-0.15, -0.1) is 0 Å². The third-order valence-corrected chi connectivity index (χ3v) is 22.6. The van der Waals surface area contributed by atoms with Gasteiger partial charge in [0.25, 0.3) is 0 Å².